The molecule has 0 spiro atoms. The van der Waals surface area contributed by atoms with E-state index in [0.29, 0.717) is 0 Å². The van der Waals surface area contributed by atoms with Crippen molar-refractivity contribution >= 4 is 41.1 Å². The summed E-state index contributed by atoms with van der Waals surface area (Å²) in [6.45, 7) is 0. The summed E-state index contributed by atoms with van der Waals surface area (Å²) >= 11 is 0. The Balaban J connectivity index is 0. The molecule has 44 valence electrons. The second-order valence-corrected chi connectivity index (χ2v) is 2.08. The molecule has 0 unspecified atom stereocenters. The largest absolute Gasteiger partial charge is 4.00 e. The molecular formula is O5P2Sn. The van der Waals surface area contributed by atoms with Crippen LogP contribution in [0.25, 0.3) is 0 Å². The predicted octanol–water partition coefficient (Wildman–Crippen LogP) is -3.48. The van der Waals surface area contributed by atoms with Gasteiger partial charge >= 0.3 is 23.9 Å². The molecule has 0 radical (unpaired) electrons. The minimum atomic E-state index is -3.24. The van der Waals surface area contributed by atoms with Crippen LogP contribution in [-0.2, 0) is 4.31 Å². The number of hydrogen-bond donors (Lipinski definition) is 0. The summed E-state index contributed by atoms with van der Waals surface area (Å²) < 4.78 is 3.16. The van der Waals surface area contributed by atoms with Crippen molar-refractivity contribution in [1.82, 2.24) is 0 Å². The second-order valence-electron chi connectivity index (χ2n) is 0.529. The first-order valence-corrected chi connectivity index (χ1v) is 3.29. The molecule has 0 saturated carbocycles. The van der Waals surface area contributed by atoms with E-state index in [2.05, 4.69) is 4.31 Å². The molecule has 0 N–H and O–H groups in total. The molecule has 0 aliphatic carbocycles. The van der Waals surface area contributed by atoms with Crippen molar-refractivity contribution in [3.63, 3.8) is 0 Å². The van der Waals surface area contributed by atoms with Gasteiger partial charge in [-0.2, -0.15) is 17.2 Å². The van der Waals surface area contributed by atoms with Crippen molar-refractivity contribution in [1.29, 1.82) is 0 Å². The standard InChI is InChI=1S/O5P2.Sn/c1-6(2)5-7(3)4;/q-4;+4. The Hall–Kier alpha value is 1.46. The average Bonchev–Trinajstić information content (AvgIpc) is 1.27. The van der Waals surface area contributed by atoms with E-state index in [1.807, 2.05) is 0 Å². The molecule has 0 fully saturated rings. The van der Waals surface area contributed by atoms with Gasteiger partial charge in [0.25, 0.3) is 0 Å². The van der Waals surface area contributed by atoms with E-state index >= 15 is 0 Å². The SMILES string of the molecule is [O-]P([O-])OP([O-])[O-].[Sn+4]. The minimum Gasteiger partial charge on any atom is -0.820 e. The third-order valence-electron chi connectivity index (χ3n) is 0.133. The zero-order valence-corrected chi connectivity index (χ0v) is 8.08. The molecule has 0 amide bonds. The first-order valence-electron chi connectivity index (χ1n) is 1.10. The van der Waals surface area contributed by atoms with Crippen LogP contribution in [0.5, 0.6) is 0 Å². The van der Waals surface area contributed by atoms with Crippen molar-refractivity contribution in [3.05, 3.63) is 0 Å². The Morgan fingerprint density at radius 2 is 1.12 bits per heavy atom. The van der Waals surface area contributed by atoms with E-state index in [9.17, 15) is 19.6 Å². The quantitative estimate of drug-likeness (QED) is 0.379. The fourth-order valence-electron chi connectivity index (χ4n) is 0.0544. The maximum Gasteiger partial charge on any atom is 4.00 e. The second kappa shape index (κ2) is 6.58. The molecule has 8 heteroatoms. The molecule has 0 aliphatic rings. The summed E-state index contributed by atoms with van der Waals surface area (Å²) in [6.07, 6.45) is 0. The fourth-order valence-corrected chi connectivity index (χ4v) is 0.490. The van der Waals surface area contributed by atoms with Gasteiger partial charge in [-0.15, -0.1) is 0 Å². The Morgan fingerprint density at radius 1 is 0.875 bits per heavy atom. The van der Waals surface area contributed by atoms with Gasteiger partial charge in [0, 0.05) is 0 Å². The topological polar surface area (TPSA) is 101 Å². The summed E-state index contributed by atoms with van der Waals surface area (Å²) in [6, 6.07) is 0. The molecule has 8 heavy (non-hydrogen) atoms. The number of hydrogen-bond acceptors (Lipinski definition) is 5. The number of rotatable bonds is 2. The molecular weight excluding hydrogens is 261 g/mol. The van der Waals surface area contributed by atoms with Crippen LogP contribution in [0.3, 0.4) is 0 Å². The molecule has 0 rings (SSSR count). The molecule has 0 aromatic heterocycles. The molecule has 0 heterocycles. The van der Waals surface area contributed by atoms with Gasteiger partial charge < -0.3 is 23.9 Å². The average molecular weight is 261 g/mol. The van der Waals surface area contributed by atoms with E-state index in [4.69, 9.17) is 0 Å². The predicted molar refractivity (Wildman–Crippen MR) is 20.7 cm³/mol. The van der Waals surface area contributed by atoms with Gasteiger partial charge in [-0.05, 0) is 0 Å². The van der Waals surface area contributed by atoms with Crippen molar-refractivity contribution in [2.45, 2.75) is 0 Å². The van der Waals surface area contributed by atoms with Gasteiger partial charge in [0.05, 0.1) is 0 Å². The Kier molecular flexibility index (Phi) is 10.0. The summed E-state index contributed by atoms with van der Waals surface area (Å²) in [5.74, 6) is 0. The molecule has 0 aliphatic heterocycles. The van der Waals surface area contributed by atoms with Gasteiger partial charge in [-0.3, -0.25) is 0 Å². The zero-order valence-electron chi connectivity index (χ0n) is 3.44. The van der Waals surface area contributed by atoms with E-state index < -0.39 is 17.2 Å². The van der Waals surface area contributed by atoms with Gasteiger partial charge in [-0.1, -0.05) is 0 Å². The Bertz CT molecular complexity index is 39.7. The molecule has 5 nitrogen and oxygen atoms in total. The molecule has 0 aromatic carbocycles. The van der Waals surface area contributed by atoms with Crippen LogP contribution in [0, 0.1) is 0 Å². The summed E-state index contributed by atoms with van der Waals surface area (Å²) in [5.41, 5.74) is 0. The van der Waals surface area contributed by atoms with Gasteiger partial charge in [0.1, 0.15) is 0 Å². The van der Waals surface area contributed by atoms with Crippen LogP contribution in [-0.4, -0.2) is 23.9 Å². The van der Waals surface area contributed by atoms with E-state index in [1.165, 1.54) is 0 Å². The fraction of sp³-hybridized carbons (Fsp3) is 0. The van der Waals surface area contributed by atoms with Crippen LogP contribution >= 0.6 is 17.2 Å². The Morgan fingerprint density at radius 3 is 1.12 bits per heavy atom. The van der Waals surface area contributed by atoms with Gasteiger partial charge in [0.15, 0.2) is 0 Å². The van der Waals surface area contributed by atoms with Gasteiger partial charge in [0.2, 0.25) is 0 Å². The monoisotopic (exact) mass is 262 g/mol. The molecule has 0 aromatic rings. The first kappa shape index (κ1) is 12.2. The van der Waals surface area contributed by atoms with Gasteiger partial charge in [-0.25, -0.2) is 0 Å². The third-order valence-corrected chi connectivity index (χ3v) is 1.20. The molecule has 0 bridgehead atoms. The zero-order chi connectivity index (χ0) is 5.86. The maximum absolute atomic E-state index is 9.24. The summed E-state index contributed by atoms with van der Waals surface area (Å²) in [4.78, 5) is 37.0. The van der Waals surface area contributed by atoms with Crippen LogP contribution in [0.1, 0.15) is 0 Å². The van der Waals surface area contributed by atoms with E-state index in [-0.39, 0.29) is 23.9 Å². The van der Waals surface area contributed by atoms with Crippen molar-refractivity contribution in [2.75, 3.05) is 0 Å². The molecule has 0 saturated heterocycles. The normalized spacial score (nSPS) is 9.75. The van der Waals surface area contributed by atoms with Crippen molar-refractivity contribution in [2.24, 2.45) is 0 Å². The summed E-state index contributed by atoms with van der Waals surface area (Å²) in [5, 5.41) is 0. The smallest absolute Gasteiger partial charge is 0.820 e. The van der Waals surface area contributed by atoms with Crippen LogP contribution in [0.4, 0.5) is 0 Å². The van der Waals surface area contributed by atoms with E-state index in [1.54, 1.807) is 0 Å². The minimum absolute atomic E-state index is 0. The summed E-state index contributed by atoms with van der Waals surface area (Å²) in [7, 11) is -6.47. The maximum atomic E-state index is 9.24. The van der Waals surface area contributed by atoms with Crippen LogP contribution < -0.4 is 19.6 Å². The van der Waals surface area contributed by atoms with Crippen molar-refractivity contribution in [3.8, 4) is 0 Å². The van der Waals surface area contributed by atoms with Crippen LogP contribution in [0.2, 0.25) is 0 Å². The molecule has 0 atom stereocenters. The Labute approximate surface area is 65.3 Å². The first-order chi connectivity index (χ1) is 3.13. The van der Waals surface area contributed by atoms with Crippen LogP contribution in [0.15, 0.2) is 0 Å². The van der Waals surface area contributed by atoms with Crippen molar-refractivity contribution < 1.29 is 23.9 Å². The van der Waals surface area contributed by atoms with E-state index in [0.717, 1.165) is 0 Å². The third kappa shape index (κ3) is 10.4.